The molecule has 0 aliphatic heterocycles. The number of benzene rings is 4. The number of fused-ring (bicyclic) bond motifs is 1. The van der Waals surface area contributed by atoms with E-state index in [1.807, 2.05) is 18.2 Å². The van der Waals surface area contributed by atoms with Gasteiger partial charge in [0.25, 0.3) is 5.91 Å². The molecule has 4 aromatic rings. The van der Waals surface area contributed by atoms with Crippen LogP contribution in [0.15, 0.2) is 91.0 Å². The van der Waals surface area contributed by atoms with Crippen molar-refractivity contribution in [3.63, 3.8) is 0 Å². The number of amides is 3. The Morgan fingerprint density at radius 3 is 2.08 bits per heavy atom. The first-order valence-electron chi connectivity index (χ1n) is 12.1. The quantitative estimate of drug-likeness (QED) is 0.180. The zero-order chi connectivity index (χ0) is 28.9. The Labute approximate surface area is 225 Å². The zero-order valence-corrected chi connectivity index (χ0v) is 20.8. The van der Waals surface area contributed by atoms with E-state index in [-0.39, 0.29) is 36.8 Å². The number of alkyl halides is 6. The van der Waals surface area contributed by atoms with Crippen molar-refractivity contribution in [3.05, 3.63) is 108 Å². The molecule has 2 N–H and O–H groups in total. The minimum Gasteiger partial charge on any atom is -0.352 e. The van der Waals surface area contributed by atoms with Gasteiger partial charge in [-0.3, -0.25) is 9.69 Å². The Kier molecular flexibility index (Phi) is 8.32. The molecular formula is C29H23F6N3O2. The van der Waals surface area contributed by atoms with E-state index in [4.69, 9.17) is 0 Å². The van der Waals surface area contributed by atoms with E-state index in [1.54, 1.807) is 24.3 Å². The van der Waals surface area contributed by atoms with Crippen molar-refractivity contribution in [1.82, 2.24) is 5.32 Å². The lowest BCUT2D eigenvalue weighted by Gasteiger charge is -2.24. The van der Waals surface area contributed by atoms with Crippen molar-refractivity contribution in [3.8, 4) is 0 Å². The fourth-order valence-electron chi connectivity index (χ4n) is 4.12. The molecule has 0 atom stereocenters. The van der Waals surface area contributed by atoms with Crippen LogP contribution in [0.4, 0.5) is 42.5 Å². The van der Waals surface area contributed by atoms with E-state index in [9.17, 15) is 35.9 Å². The zero-order valence-electron chi connectivity index (χ0n) is 20.8. The summed E-state index contributed by atoms with van der Waals surface area (Å²) >= 11 is 0. The van der Waals surface area contributed by atoms with Crippen molar-refractivity contribution >= 4 is 34.1 Å². The number of rotatable bonds is 7. The van der Waals surface area contributed by atoms with Crippen LogP contribution in [0, 0.1) is 0 Å². The van der Waals surface area contributed by atoms with Crippen LogP contribution in [0.1, 0.15) is 27.9 Å². The molecule has 40 heavy (non-hydrogen) atoms. The van der Waals surface area contributed by atoms with Crippen molar-refractivity contribution in [2.75, 3.05) is 23.3 Å². The number of hydrogen-bond donors (Lipinski definition) is 2. The average molecular weight is 560 g/mol. The summed E-state index contributed by atoms with van der Waals surface area (Å²) in [5.74, 6) is -0.365. The summed E-state index contributed by atoms with van der Waals surface area (Å²) in [5.41, 5.74) is -1.84. The maximum Gasteiger partial charge on any atom is 0.416 e. The third kappa shape index (κ3) is 6.90. The number of carbonyl (C=O) groups excluding carboxylic acids is 2. The molecule has 3 amide bonds. The third-order valence-electron chi connectivity index (χ3n) is 6.05. The minimum atomic E-state index is -4.67. The molecule has 0 unspecified atom stereocenters. The van der Waals surface area contributed by atoms with Gasteiger partial charge in [0.2, 0.25) is 0 Å². The van der Waals surface area contributed by atoms with Gasteiger partial charge in [0.15, 0.2) is 0 Å². The van der Waals surface area contributed by atoms with Gasteiger partial charge in [-0.2, -0.15) is 26.3 Å². The summed E-state index contributed by atoms with van der Waals surface area (Å²) in [6, 6.07) is 19.6. The summed E-state index contributed by atoms with van der Waals surface area (Å²) in [6.45, 7) is -0.0592. The fraction of sp³-hybridized carbons (Fsp3) is 0.172. The molecular weight excluding hydrogens is 536 g/mol. The molecule has 0 fully saturated rings. The molecule has 0 aliphatic carbocycles. The van der Waals surface area contributed by atoms with E-state index < -0.39 is 29.5 Å². The highest BCUT2D eigenvalue weighted by atomic mass is 19.4. The smallest absolute Gasteiger partial charge is 0.352 e. The van der Waals surface area contributed by atoms with E-state index >= 15 is 0 Å². The molecule has 0 heterocycles. The maximum absolute atomic E-state index is 13.3. The fourth-order valence-corrected chi connectivity index (χ4v) is 4.12. The van der Waals surface area contributed by atoms with Crippen LogP contribution in [0.2, 0.25) is 0 Å². The largest absolute Gasteiger partial charge is 0.416 e. The van der Waals surface area contributed by atoms with Crippen molar-refractivity contribution in [1.29, 1.82) is 0 Å². The molecule has 208 valence electrons. The maximum atomic E-state index is 13.3. The number of anilines is 2. The second kappa shape index (κ2) is 11.7. The normalized spacial score (nSPS) is 11.8. The lowest BCUT2D eigenvalue weighted by atomic mass is 10.0. The first-order valence-corrected chi connectivity index (χ1v) is 12.1. The van der Waals surface area contributed by atoms with E-state index in [1.165, 1.54) is 12.1 Å². The van der Waals surface area contributed by atoms with Crippen molar-refractivity contribution in [2.45, 2.75) is 18.8 Å². The van der Waals surface area contributed by atoms with Crippen LogP contribution in [0.25, 0.3) is 10.8 Å². The van der Waals surface area contributed by atoms with Crippen LogP contribution in [0.5, 0.6) is 0 Å². The third-order valence-corrected chi connectivity index (χ3v) is 6.05. The van der Waals surface area contributed by atoms with E-state index in [0.29, 0.717) is 5.56 Å². The van der Waals surface area contributed by atoms with Gasteiger partial charge in [-0.15, -0.1) is 0 Å². The van der Waals surface area contributed by atoms with Gasteiger partial charge in [0.05, 0.1) is 11.1 Å². The number of carbonyl (C=O) groups is 2. The van der Waals surface area contributed by atoms with Crippen LogP contribution in [-0.2, 0) is 12.4 Å². The van der Waals surface area contributed by atoms with Gasteiger partial charge in [0, 0.05) is 30.0 Å². The Bertz CT molecular complexity index is 1510. The van der Waals surface area contributed by atoms with Gasteiger partial charge in [0.1, 0.15) is 0 Å². The summed E-state index contributed by atoms with van der Waals surface area (Å²) in [7, 11) is 0. The predicted octanol–water partition coefficient (Wildman–Crippen LogP) is 7.74. The lowest BCUT2D eigenvalue weighted by molar-refractivity contribution is -0.138. The summed E-state index contributed by atoms with van der Waals surface area (Å²) in [6.07, 6.45) is -9.18. The molecule has 0 bridgehead atoms. The molecule has 0 spiro atoms. The van der Waals surface area contributed by atoms with Crippen LogP contribution < -0.4 is 15.5 Å². The highest BCUT2D eigenvalue weighted by molar-refractivity contribution is 6.07. The van der Waals surface area contributed by atoms with Gasteiger partial charge < -0.3 is 10.6 Å². The highest BCUT2D eigenvalue weighted by Crippen LogP contribution is 2.33. The molecule has 0 aliphatic rings. The number of urea groups is 1. The van der Waals surface area contributed by atoms with Crippen LogP contribution in [-0.4, -0.2) is 25.0 Å². The van der Waals surface area contributed by atoms with Crippen molar-refractivity contribution < 1.29 is 35.9 Å². The molecule has 11 heteroatoms. The molecule has 5 nitrogen and oxygen atoms in total. The average Bonchev–Trinajstić information content (AvgIpc) is 2.92. The molecule has 0 aromatic heterocycles. The first-order chi connectivity index (χ1) is 18.9. The molecule has 0 saturated carbocycles. The Morgan fingerprint density at radius 1 is 0.725 bits per heavy atom. The van der Waals surface area contributed by atoms with Crippen LogP contribution in [0.3, 0.4) is 0 Å². The van der Waals surface area contributed by atoms with Gasteiger partial charge in [-0.25, -0.2) is 4.79 Å². The summed E-state index contributed by atoms with van der Waals surface area (Å²) in [5, 5.41) is 6.69. The monoisotopic (exact) mass is 559 g/mol. The van der Waals surface area contributed by atoms with E-state index in [2.05, 4.69) is 10.6 Å². The Morgan fingerprint density at radius 2 is 1.35 bits per heavy atom. The van der Waals surface area contributed by atoms with Gasteiger partial charge >= 0.3 is 18.4 Å². The summed E-state index contributed by atoms with van der Waals surface area (Å²) in [4.78, 5) is 26.9. The molecule has 4 aromatic carbocycles. The van der Waals surface area contributed by atoms with Gasteiger partial charge in [-0.05, 0) is 59.7 Å². The predicted molar refractivity (Wildman–Crippen MR) is 140 cm³/mol. The highest BCUT2D eigenvalue weighted by Gasteiger charge is 2.32. The van der Waals surface area contributed by atoms with Crippen molar-refractivity contribution in [2.24, 2.45) is 0 Å². The number of halogens is 6. The van der Waals surface area contributed by atoms with Gasteiger partial charge in [-0.1, -0.05) is 48.5 Å². The minimum absolute atomic E-state index is 0.0777. The topological polar surface area (TPSA) is 61.4 Å². The molecule has 0 saturated heterocycles. The SMILES string of the molecule is O=C(NCCCN(C(=O)Nc1cccc(C(F)(F)F)c1)c1cccc(C(F)(F)F)c1)c1cccc2ccccc12. The second-order valence-corrected chi connectivity index (χ2v) is 8.84. The number of nitrogens with zero attached hydrogens (tertiary/aromatic N) is 1. The van der Waals surface area contributed by atoms with Crippen LogP contribution >= 0.6 is 0 Å². The Hall–Kier alpha value is -4.54. The number of hydrogen-bond acceptors (Lipinski definition) is 2. The lowest BCUT2D eigenvalue weighted by Crippen LogP contribution is -2.37. The van der Waals surface area contributed by atoms with E-state index in [0.717, 1.165) is 52.1 Å². The Balaban J connectivity index is 1.50. The molecule has 4 rings (SSSR count). The number of nitrogens with one attached hydrogen (secondary N) is 2. The summed E-state index contributed by atoms with van der Waals surface area (Å²) < 4.78 is 79.3. The molecule has 0 radical (unpaired) electrons. The second-order valence-electron chi connectivity index (χ2n) is 8.84. The standard InChI is InChI=1S/C29H23F6N3O2/c30-28(31,32)20-9-4-11-22(17-20)37-27(40)38(23-12-5-10-21(18-23)29(33,34)35)16-6-15-36-26(39)25-14-3-8-19-7-1-2-13-24(19)25/h1-5,7-14,17-18H,6,15-16H2,(H,36,39)(H,37,40). The first kappa shape index (κ1) is 28.5.